The Labute approximate surface area is 134 Å². The molecule has 3 aromatic rings. The number of aromatic nitrogens is 3. The van der Waals surface area contributed by atoms with Gasteiger partial charge in [-0.15, -0.1) is 10.2 Å². The zero-order valence-electron chi connectivity index (χ0n) is 12.8. The van der Waals surface area contributed by atoms with E-state index in [1.807, 2.05) is 19.1 Å². The van der Waals surface area contributed by atoms with Crippen molar-refractivity contribution >= 4 is 15.7 Å². The SMILES string of the molecule is Cc1cccc(S(=O)(=O)Nc2ccccc2-c2nncn2C)c1. The van der Waals surface area contributed by atoms with Crippen LogP contribution in [-0.2, 0) is 17.1 Å². The topological polar surface area (TPSA) is 76.9 Å². The number of para-hydroxylation sites is 1. The van der Waals surface area contributed by atoms with Crippen LogP contribution < -0.4 is 4.72 Å². The zero-order valence-corrected chi connectivity index (χ0v) is 13.6. The minimum absolute atomic E-state index is 0.227. The summed E-state index contributed by atoms with van der Waals surface area (Å²) in [5.74, 6) is 0.590. The van der Waals surface area contributed by atoms with Gasteiger partial charge in [0.15, 0.2) is 5.82 Å². The first-order valence-corrected chi connectivity index (χ1v) is 8.48. The Morgan fingerprint density at radius 1 is 1.09 bits per heavy atom. The highest BCUT2D eigenvalue weighted by Crippen LogP contribution is 2.27. The van der Waals surface area contributed by atoms with Crippen molar-refractivity contribution in [2.24, 2.45) is 7.05 Å². The van der Waals surface area contributed by atoms with Crippen LogP contribution in [0.25, 0.3) is 11.4 Å². The summed E-state index contributed by atoms with van der Waals surface area (Å²) in [5.41, 5.74) is 2.02. The van der Waals surface area contributed by atoms with Gasteiger partial charge in [0.05, 0.1) is 10.6 Å². The highest BCUT2D eigenvalue weighted by Gasteiger charge is 2.18. The maximum Gasteiger partial charge on any atom is 0.261 e. The largest absolute Gasteiger partial charge is 0.317 e. The molecule has 0 aliphatic carbocycles. The lowest BCUT2D eigenvalue weighted by Gasteiger charge is -2.12. The second kappa shape index (κ2) is 5.85. The average molecular weight is 328 g/mol. The third kappa shape index (κ3) is 3.09. The summed E-state index contributed by atoms with van der Waals surface area (Å²) < 4.78 is 29.6. The highest BCUT2D eigenvalue weighted by atomic mass is 32.2. The fraction of sp³-hybridized carbons (Fsp3) is 0.125. The Morgan fingerprint density at radius 3 is 2.57 bits per heavy atom. The van der Waals surface area contributed by atoms with E-state index in [1.54, 1.807) is 54.3 Å². The molecule has 7 heteroatoms. The van der Waals surface area contributed by atoms with Crippen LogP contribution in [0, 0.1) is 6.92 Å². The van der Waals surface area contributed by atoms with E-state index in [1.165, 1.54) is 0 Å². The van der Waals surface area contributed by atoms with Gasteiger partial charge in [-0.25, -0.2) is 8.42 Å². The normalized spacial score (nSPS) is 11.4. The summed E-state index contributed by atoms with van der Waals surface area (Å²) in [6.07, 6.45) is 1.57. The van der Waals surface area contributed by atoms with Crippen LogP contribution in [0.5, 0.6) is 0 Å². The average Bonchev–Trinajstić information content (AvgIpc) is 2.93. The number of hydrogen-bond acceptors (Lipinski definition) is 4. The Morgan fingerprint density at radius 2 is 1.87 bits per heavy atom. The van der Waals surface area contributed by atoms with E-state index in [0.717, 1.165) is 5.56 Å². The predicted molar refractivity (Wildman–Crippen MR) is 88.4 cm³/mol. The molecule has 0 spiro atoms. The molecule has 0 saturated heterocycles. The number of benzene rings is 2. The van der Waals surface area contributed by atoms with Crippen molar-refractivity contribution in [2.45, 2.75) is 11.8 Å². The van der Waals surface area contributed by atoms with Crippen molar-refractivity contribution < 1.29 is 8.42 Å². The van der Waals surface area contributed by atoms with Gasteiger partial charge in [-0.05, 0) is 36.8 Å². The lowest BCUT2D eigenvalue weighted by atomic mass is 10.2. The summed E-state index contributed by atoms with van der Waals surface area (Å²) in [5, 5.41) is 7.88. The number of nitrogens with one attached hydrogen (secondary N) is 1. The highest BCUT2D eigenvalue weighted by molar-refractivity contribution is 7.92. The van der Waals surface area contributed by atoms with Gasteiger partial charge in [-0.3, -0.25) is 4.72 Å². The molecule has 0 fully saturated rings. The maximum absolute atomic E-state index is 12.6. The van der Waals surface area contributed by atoms with Crippen LogP contribution in [0.1, 0.15) is 5.56 Å². The molecular weight excluding hydrogens is 312 g/mol. The van der Waals surface area contributed by atoms with E-state index in [-0.39, 0.29) is 4.90 Å². The molecule has 0 atom stereocenters. The Kier molecular flexibility index (Phi) is 3.87. The third-order valence-corrected chi connectivity index (χ3v) is 4.79. The second-order valence-corrected chi connectivity index (χ2v) is 6.92. The van der Waals surface area contributed by atoms with Crippen LogP contribution in [0.15, 0.2) is 59.8 Å². The van der Waals surface area contributed by atoms with E-state index < -0.39 is 10.0 Å². The van der Waals surface area contributed by atoms with Gasteiger partial charge < -0.3 is 4.57 Å². The number of rotatable bonds is 4. The molecule has 1 N–H and O–H groups in total. The third-order valence-electron chi connectivity index (χ3n) is 3.42. The molecule has 0 amide bonds. The van der Waals surface area contributed by atoms with Gasteiger partial charge in [0.25, 0.3) is 10.0 Å². The molecule has 23 heavy (non-hydrogen) atoms. The number of hydrogen-bond donors (Lipinski definition) is 1. The van der Waals surface area contributed by atoms with Crippen LogP contribution >= 0.6 is 0 Å². The number of sulfonamides is 1. The van der Waals surface area contributed by atoms with Crippen molar-refractivity contribution in [2.75, 3.05) is 4.72 Å². The van der Waals surface area contributed by atoms with E-state index in [4.69, 9.17) is 0 Å². The molecule has 6 nitrogen and oxygen atoms in total. The first-order chi connectivity index (χ1) is 11.0. The molecule has 0 radical (unpaired) electrons. The van der Waals surface area contributed by atoms with E-state index in [2.05, 4.69) is 14.9 Å². The van der Waals surface area contributed by atoms with Gasteiger partial charge in [0, 0.05) is 12.6 Å². The minimum atomic E-state index is -3.67. The molecule has 0 bridgehead atoms. The second-order valence-electron chi connectivity index (χ2n) is 5.23. The zero-order chi connectivity index (χ0) is 16.4. The van der Waals surface area contributed by atoms with E-state index >= 15 is 0 Å². The number of aryl methyl sites for hydroxylation is 2. The molecule has 1 heterocycles. The lowest BCUT2D eigenvalue weighted by Crippen LogP contribution is -2.14. The summed E-state index contributed by atoms with van der Waals surface area (Å²) in [6.45, 7) is 1.85. The van der Waals surface area contributed by atoms with Crippen LogP contribution in [0.4, 0.5) is 5.69 Å². The molecular formula is C16H16N4O2S. The van der Waals surface area contributed by atoms with Gasteiger partial charge >= 0.3 is 0 Å². The quantitative estimate of drug-likeness (QED) is 0.798. The molecule has 118 valence electrons. The van der Waals surface area contributed by atoms with Crippen molar-refractivity contribution in [1.29, 1.82) is 0 Å². The van der Waals surface area contributed by atoms with Gasteiger partial charge in [0.1, 0.15) is 6.33 Å². The summed E-state index contributed by atoms with van der Waals surface area (Å²) in [6, 6.07) is 13.9. The summed E-state index contributed by atoms with van der Waals surface area (Å²) >= 11 is 0. The molecule has 0 unspecified atom stereocenters. The van der Waals surface area contributed by atoms with Crippen LogP contribution in [0.2, 0.25) is 0 Å². The van der Waals surface area contributed by atoms with Crippen LogP contribution in [0.3, 0.4) is 0 Å². The summed E-state index contributed by atoms with van der Waals surface area (Å²) in [4.78, 5) is 0.227. The number of nitrogens with zero attached hydrogens (tertiary/aromatic N) is 3. The number of anilines is 1. The molecule has 0 saturated carbocycles. The predicted octanol–water partition coefficient (Wildman–Crippen LogP) is 2.59. The van der Waals surface area contributed by atoms with Crippen LogP contribution in [-0.4, -0.2) is 23.2 Å². The Balaban J connectivity index is 2.03. The molecule has 0 aliphatic heterocycles. The monoisotopic (exact) mass is 328 g/mol. The lowest BCUT2D eigenvalue weighted by molar-refractivity contribution is 0.601. The van der Waals surface area contributed by atoms with Gasteiger partial charge in [0.2, 0.25) is 0 Å². The van der Waals surface area contributed by atoms with E-state index in [9.17, 15) is 8.42 Å². The fourth-order valence-electron chi connectivity index (χ4n) is 2.28. The molecule has 1 aromatic heterocycles. The van der Waals surface area contributed by atoms with Crippen molar-refractivity contribution in [3.63, 3.8) is 0 Å². The molecule has 2 aromatic carbocycles. The van der Waals surface area contributed by atoms with E-state index in [0.29, 0.717) is 17.1 Å². The first-order valence-electron chi connectivity index (χ1n) is 7.00. The Bertz CT molecular complexity index is 948. The standard InChI is InChI=1S/C16H16N4O2S/c1-12-6-5-7-13(10-12)23(21,22)19-15-9-4-3-8-14(15)16-18-17-11-20(16)2/h3-11,19H,1-2H3. The molecule has 3 rings (SSSR count). The van der Waals surface area contributed by atoms with Crippen molar-refractivity contribution in [1.82, 2.24) is 14.8 Å². The first kappa shape index (κ1) is 15.2. The van der Waals surface area contributed by atoms with Crippen molar-refractivity contribution in [3.8, 4) is 11.4 Å². The van der Waals surface area contributed by atoms with Gasteiger partial charge in [-0.2, -0.15) is 0 Å². The molecule has 0 aliphatic rings. The van der Waals surface area contributed by atoms with Gasteiger partial charge in [-0.1, -0.05) is 24.3 Å². The maximum atomic E-state index is 12.6. The fourth-order valence-corrected chi connectivity index (χ4v) is 3.46. The Hall–Kier alpha value is -2.67. The smallest absolute Gasteiger partial charge is 0.261 e. The minimum Gasteiger partial charge on any atom is -0.317 e. The summed E-state index contributed by atoms with van der Waals surface area (Å²) in [7, 11) is -1.86. The van der Waals surface area contributed by atoms with Crippen molar-refractivity contribution in [3.05, 3.63) is 60.4 Å².